The van der Waals surface area contributed by atoms with E-state index in [0.29, 0.717) is 18.9 Å². The molecule has 2 saturated heterocycles. The SMILES string of the molecule is N#CCC12CC(CN1C(=O)OCc1ccccc1)C2. The fraction of sp³-hybridized carbons (Fsp3) is 0.467. The standard InChI is InChI=1S/C15H16N2O2/c16-7-6-15-8-13(9-15)10-17(15)14(18)19-11-12-4-2-1-3-5-12/h1-5,13H,6,8-11H2. The van der Waals surface area contributed by atoms with Crippen LogP contribution in [-0.2, 0) is 11.3 Å². The Balaban J connectivity index is 1.61. The summed E-state index contributed by atoms with van der Waals surface area (Å²) < 4.78 is 5.36. The maximum Gasteiger partial charge on any atom is 0.410 e. The zero-order valence-corrected chi connectivity index (χ0v) is 10.7. The summed E-state index contributed by atoms with van der Waals surface area (Å²) in [7, 11) is 0. The number of hydrogen-bond donors (Lipinski definition) is 0. The summed E-state index contributed by atoms with van der Waals surface area (Å²) in [6.07, 6.45) is 2.06. The van der Waals surface area contributed by atoms with Gasteiger partial charge >= 0.3 is 6.09 Å². The Morgan fingerprint density at radius 3 is 2.84 bits per heavy atom. The fourth-order valence-corrected chi connectivity index (χ4v) is 3.27. The second-order valence-corrected chi connectivity index (χ2v) is 5.48. The van der Waals surface area contributed by atoms with E-state index >= 15 is 0 Å². The second kappa shape index (κ2) is 4.58. The van der Waals surface area contributed by atoms with Crippen LogP contribution in [0.3, 0.4) is 0 Å². The van der Waals surface area contributed by atoms with Gasteiger partial charge in [-0.05, 0) is 24.3 Å². The van der Waals surface area contributed by atoms with Crippen LogP contribution < -0.4 is 0 Å². The minimum Gasteiger partial charge on any atom is -0.445 e. The van der Waals surface area contributed by atoms with Gasteiger partial charge in [-0.15, -0.1) is 0 Å². The number of rotatable bonds is 3. The molecule has 1 amide bonds. The van der Waals surface area contributed by atoms with E-state index in [1.165, 1.54) is 0 Å². The minimum atomic E-state index is -0.279. The van der Waals surface area contributed by atoms with E-state index in [0.717, 1.165) is 24.9 Å². The molecule has 1 aromatic rings. The Kier molecular flexibility index (Phi) is 2.90. The molecular formula is C15H16N2O2. The first-order chi connectivity index (χ1) is 9.23. The fourth-order valence-electron chi connectivity index (χ4n) is 3.27. The molecule has 1 aliphatic carbocycles. The third-order valence-electron chi connectivity index (χ3n) is 4.18. The average molecular weight is 256 g/mol. The van der Waals surface area contributed by atoms with Gasteiger partial charge in [0.1, 0.15) is 6.61 Å². The molecule has 0 aromatic heterocycles. The zero-order chi connectivity index (χ0) is 13.3. The van der Waals surface area contributed by atoms with E-state index in [-0.39, 0.29) is 11.6 Å². The Morgan fingerprint density at radius 2 is 2.16 bits per heavy atom. The van der Waals surface area contributed by atoms with E-state index in [1.807, 2.05) is 30.3 Å². The molecule has 19 heavy (non-hydrogen) atoms. The lowest BCUT2D eigenvalue weighted by Gasteiger charge is -2.39. The third-order valence-corrected chi connectivity index (χ3v) is 4.18. The minimum absolute atomic E-state index is 0.229. The molecule has 0 atom stereocenters. The number of hydrogen-bond acceptors (Lipinski definition) is 3. The molecule has 4 heteroatoms. The van der Waals surface area contributed by atoms with Crippen LogP contribution in [0.5, 0.6) is 0 Å². The first-order valence-corrected chi connectivity index (χ1v) is 6.59. The number of carbonyl (C=O) groups is 1. The molecule has 3 fully saturated rings. The van der Waals surface area contributed by atoms with Gasteiger partial charge in [0, 0.05) is 6.54 Å². The van der Waals surface area contributed by atoms with E-state index in [4.69, 9.17) is 10.00 Å². The van der Waals surface area contributed by atoms with E-state index < -0.39 is 0 Å². The summed E-state index contributed by atoms with van der Waals surface area (Å²) in [5, 5.41) is 8.90. The summed E-state index contributed by atoms with van der Waals surface area (Å²) >= 11 is 0. The van der Waals surface area contributed by atoms with Crippen molar-refractivity contribution in [3.05, 3.63) is 35.9 Å². The first-order valence-electron chi connectivity index (χ1n) is 6.59. The van der Waals surface area contributed by atoms with Crippen LogP contribution in [0.25, 0.3) is 0 Å². The van der Waals surface area contributed by atoms with Gasteiger partial charge in [-0.25, -0.2) is 4.79 Å². The Labute approximate surface area is 112 Å². The Bertz CT molecular complexity index is 515. The number of benzene rings is 1. The van der Waals surface area contributed by atoms with Crippen molar-refractivity contribution in [2.24, 2.45) is 5.92 Å². The van der Waals surface area contributed by atoms with Gasteiger partial charge in [-0.2, -0.15) is 5.26 Å². The normalized spacial score (nSPS) is 27.5. The molecular weight excluding hydrogens is 240 g/mol. The quantitative estimate of drug-likeness (QED) is 0.835. The van der Waals surface area contributed by atoms with Crippen molar-refractivity contribution in [2.75, 3.05) is 6.54 Å². The molecule has 2 aliphatic heterocycles. The number of ether oxygens (including phenoxy) is 1. The number of fused-ring (bicyclic) bond motifs is 1. The molecule has 1 saturated carbocycles. The van der Waals surface area contributed by atoms with Crippen LogP contribution >= 0.6 is 0 Å². The number of nitrogens with zero attached hydrogens (tertiary/aromatic N) is 2. The van der Waals surface area contributed by atoms with Crippen molar-refractivity contribution in [1.82, 2.24) is 4.90 Å². The molecule has 2 heterocycles. The highest BCUT2D eigenvalue weighted by molar-refractivity contribution is 5.70. The molecule has 3 aliphatic rings. The number of carbonyl (C=O) groups excluding carboxylic acids is 1. The summed E-state index contributed by atoms with van der Waals surface area (Å²) in [5.74, 6) is 0.567. The second-order valence-electron chi connectivity index (χ2n) is 5.48. The van der Waals surface area contributed by atoms with Crippen molar-refractivity contribution < 1.29 is 9.53 Å². The molecule has 2 bridgehead atoms. The summed E-state index contributed by atoms with van der Waals surface area (Å²) in [4.78, 5) is 13.9. The highest BCUT2D eigenvalue weighted by Crippen LogP contribution is 2.52. The summed E-state index contributed by atoms with van der Waals surface area (Å²) in [6.45, 7) is 1.04. The zero-order valence-electron chi connectivity index (χ0n) is 10.7. The predicted molar refractivity (Wildman–Crippen MR) is 69.0 cm³/mol. The van der Waals surface area contributed by atoms with Crippen molar-refractivity contribution in [3.8, 4) is 6.07 Å². The van der Waals surface area contributed by atoms with Gasteiger partial charge in [0.25, 0.3) is 0 Å². The molecule has 4 rings (SSSR count). The molecule has 0 unspecified atom stereocenters. The van der Waals surface area contributed by atoms with Crippen molar-refractivity contribution in [1.29, 1.82) is 5.26 Å². The molecule has 0 N–H and O–H groups in total. The summed E-state index contributed by atoms with van der Waals surface area (Å²) in [5.41, 5.74) is 0.754. The van der Waals surface area contributed by atoms with E-state index in [2.05, 4.69) is 6.07 Å². The van der Waals surface area contributed by atoms with Crippen LogP contribution in [0.4, 0.5) is 4.79 Å². The summed E-state index contributed by atoms with van der Waals surface area (Å²) in [6, 6.07) is 11.8. The van der Waals surface area contributed by atoms with Crippen LogP contribution in [0.15, 0.2) is 30.3 Å². The van der Waals surface area contributed by atoms with Crippen LogP contribution in [0.1, 0.15) is 24.8 Å². The molecule has 0 spiro atoms. The van der Waals surface area contributed by atoms with Crippen LogP contribution in [0, 0.1) is 17.2 Å². The monoisotopic (exact) mass is 256 g/mol. The topological polar surface area (TPSA) is 53.3 Å². The Morgan fingerprint density at radius 1 is 1.42 bits per heavy atom. The predicted octanol–water partition coefficient (Wildman–Crippen LogP) is 2.70. The van der Waals surface area contributed by atoms with Gasteiger partial charge in [0.2, 0.25) is 0 Å². The lowest BCUT2D eigenvalue weighted by Crippen LogP contribution is -2.48. The maximum absolute atomic E-state index is 12.1. The highest BCUT2D eigenvalue weighted by atomic mass is 16.6. The van der Waals surface area contributed by atoms with Crippen LogP contribution in [0.2, 0.25) is 0 Å². The number of amides is 1. The number of nitriles is 1. The Hall–Kier alpha value is -2.02. The molecule has 4 nitrogen and oxygen atoms in total. The van der Waals surface area contributed by atoms with E-state index in [1.54, 1.807) is 4.90 Å². The largest absolute Gasteiger partial charge is 0.445 e. The van der Waals surface area contributed by atoms with E-state index in [9.17, 15) is 4.79 Å². The van der Waals surface area contributed by atoms with Gasteiger partial charge < -0.3 is 9.64 Å². The lowest BCUT2D eigenvalue weighted by atomic mass is 9.72. The van der Waals surface area contributed by atoms with Gasteiger partial charge in [0.05, 0.1) is 18.0 Å². The first kappa shape index (κ1) is 12.0. The maximum atomic E-state index is 12.1. The van der Waals surface area contributed by atoms with Crippen LogP contribution in [-0.4, -0.2) is 23.1 Å². The van der Waals surface area contributed by atoms with Gasteiger partial charge in [0.15, 0.2) is 0 Å². The van der Waals surface area contributed by atoms with Gasteiger partial charge in [-0.3, -0.25) is 0 Å². The van der Waals surface area contributed by atoms with Gasteiger partial charge in [-0.1, -0.05) is 30.3 Å². The van der Waals surface area contributed by atoms with Crippen molar-refractivity contribution in [3.63, 3.8) is 0 Å². The smallest absolute Gasteiger partial charge is 0.410 e. The van der Waals surface area contributed by atoms with Crippen molar-refractivity contribution >= 4 is 6.09 Å². The molecule has 98 valence electrons. The highest BCUT2D eigenvalue weighted by Gasteiger charge is 2.58. The molecule has 0 radical (unpaired) electrons. The van der Waals surface area contributed by atoms with Crippen molar-refractivity contribution in [2.45, 2.75) is 31.4 Å². The molecule has 1 aromatic carbocycles. The average Bonchev–Trinajstić information content (AvgIpc) is 2.92. The lowest BCUT2D eigenvalue weighted by molar-refractivity contribution is 0.0611. The third kappa shape index (κ3) is 2.06.